The lowest BCUT2D eigenvalue weighted by Gasteiger charge is -2.41. The molecule has 0 aromatic heterocycles. The molecule has 3 atom stereocenters. The molecule has 114 valence electrons. The van der Waals surface area contributed by atoms with Crippen LogP contribution in [0.1, 0.15) is 40.5 Å². The quantitative estimate of drug-likeness (QED) is 0.819. The van der Waals surface area contributed by atoms with Crippen LogP contribution in [0.5, 0.6) is 0 Å². The summed E-state index contributed by atoms with van der Waals surface area (Å²) in [7, 11) is 0. The van der Waals surface area contributed by atoms with Crippen molar-refractivity contribution in [3.8, 4) is 0 Å². The monoisotopic (exact) mass is 300 g/mol. The van der Waals surface area contributed by atoms with Gasteiger partial charge in [0.2, 0.25) is 11.8 Å². The first kappa shape index (κ1) is 17.0. The first-order valence-electron chi connectivity index (χ1n) is 7.28. The lowest BCUT2D eigenvalue weighted by atomic mass is 9.91. The molecule has 1 aliphatic rings. The highest BCUT2D eigenvalue weighted by Gasteiger charge is 2.41. The van der Waals surface area contributed by atoms with Gasteiger partial charge in [0, 0.05) is 12.1 Å². The summed E-state index contributed by atoms with van der Waals surface area (Å²) in [6.45, 7) is 8.50. The Balaban J connectivity index is 2.97. The maximum absolute atomic E-state index is 12.6. The van der Waals surface area contributed by atoms with E-state index < -0.39 is 12.1 Å². The van der Waals surface area contributed by atoms with Crippen molar-refractivity contribution in [3.63, 3.8) is 0 Å². The molecular formula is C15H25ClN2O2. The number of hydrogen-bond donors (Lipinski definition) is 1. The number of nitrogens with one attached hydrogen (secondary N) is 1. The molecule has 0 spiro atoms. The average Bonchev–Trinajstić information content (AvgIpc) is 2.39. The molecule has 20 heavy (non-hydrogen) atoms. The van der Waals surface area contributed by atoms with Gasteiger partial charge in [-0.1, -0.05) is 51.8 Å². The zero-order valence-corrected chi connectivity index (χ0v) is 13.5. The lowest BCUT2D eigenvalue weighted by Crippen LogP contribution is -2.65. The summed E-state index contributed by atoms with van der Waals surface area (Å²) < 4.78 is 0. The van der Waals surface area contributed by atoms with Crippen LogP contribution < -0.4 is 5.32 Å². The van der Waals surface area contributed by atoms with Crippen LogP contribution in [0.3, 0.4) is 0 Å². The van der Waals surface area contributed by atoms with E-state index in [4.69, 9.17) is 11.6 Å². The van der Waals surface area contributed by atoms with Gasteiger partial charge < -0.3 is 10.2 Å². The predicted molar refractivity (Wildman–Crippen MR) is 81.3 cm³/mol. The van der Waals surface area contributed by atoms with Crippen molar-refractivity contribution in [2.45, 2.75) is 52.6 Å². The number of piperazine rings is 1. The standard InChI is InChI=1S/C15H25ClN2O2/c1-5-11(4)13-14(19)17-12(9-10(2)3)15(20)18(13)8-6-7-16/h6-7,10-13H,5,8-9H2,1-4H3,(H,17,19)/b7-6+. The fraction of sp³-hybridized carbons (Fsp3) is 0.733. The molecule has 0 aromatic rings. The molecule has 0 saturated carbocycles. The van der Waals surface area contributed by atoms with Gasteiger partial charge in [0.15, 0.2) is 0 Å². The molecule has 1 heterocycles. The minimum Gasteiger partial charge on any atom is -0.342 e. The van der Waals surface area contributed by atoms with Crippen LogP contribution in [-0.4, -0.2) is 35.3 Å². The number of rotatable bonds is 6. The maximum Gasteiger partial charge on any atom is 0.246 e. The summed E-state index contributed by atoms with van der Waals surface area (Å²) in [5.41, 5.74) is 1.39. The summed E-state index contributed by atoms with van der Waals surface area (Å²) in [4.78, 5) is 26.6. The predicted octanol–water partition coefficient (Wildman–Crippen LogP) is 2.53. The summed E-state index contributed by atoms with van der Waals surface area (Å²) in [5, 5.41) is 2.88. The molecule has 1 N–H and O–H groups in total. The highest BCUT2D eigenvalue weighted by molar-refractivity contribution is 6.25. The Hall–Kier alpha value is -1.03. The molecule has 0 aromatic carbocycles. The van der Waals surface area contributed by atoms with Crippen LogP contribution in [0.15, 0.2) is 11.6 Å². The molecule has 3 unspecified atom stereocenters. The van der Waals surface area contributed by atoms with E-state index in [0.29, 0.717) is 18.9 Å². The fourth-order valence-electron chi connectivity index (χ4n) is 2.57. The average molecular weight is 301 g/mol. The zero-order chi connectivity index (χ0) is 15.3. The highest BCUT2D eigenvalue weighted by Crippen LogP contribution is 2.22. The van der Waals surface area contributed by atoms with Crippen molar-refractivity contribution in [2.24, 2.45) is 11.8 Å². The second-order valence-electron chi connectivity index (χ2n) is 5.87. The van der Waals surface area contributed by atoms with Crippen LogP contribution in [0.2, 0.25) is 0 Å². The van der Waals surface area contributed by atoms with Crippen molar-refractivity contribution < 1.29 is 9.59 Å². The number of carbonyl (C=O) groups excluding carboxylic acids is 2. The van der Waals surface area contributed by atoms with Gasteiger partial charge in [-0.2, -0.15) is 0 Å². The first-order valence-corrected chi connectivity index (χ1v) is 7.72. The lowest BCUT2D eigenvalue weighted by molar-refractivity contribution is -0.151. The summed E-state index contributed by atoms with van der Waals surface area (Å²) in [6, 6.07) is -0.810. The Morgan fingerprint density at radius 3 is 2.50 bits per heavy atom. The summed E-state index contributed by atoms with van der Waals surface area (Å²) in [6.07, 6.45) is 3.22. The van der Waals surface area contributed by atoms with Gasteiger partial charge in [-0.25, -0.2) is 0 Å². The molecular weight excluding hydrogens is 276 g/mol. The van der Waals surface area contributed by atoms with Gasteiger partial charge >= 0.3 is 0 Å². The maximum atomic E-state index is 12.6. The first-order chi connectivity index (χ1) is 9.42. The molecule has 1 fully saturated rings. The Morgan fingerprint density at radius 1 is 1.35 bits per heavy atom. The molecule has 1 rings (SSSR count). The number of hydrogen-bond acceptors (Lipinski definition) is 2. The second kappa shape index (κ2) is 7.67. The van der Waals surface area contributed by atoms with Gasteiger partial charge in [-0.05, 0) is 18.3 Å². The van der Waals surface area contributed by atoms with E-state index in [2.05, 4.69) is 5.32 Å². The van der Waals surface area contributed by atoms with E-state index in [-0.39, 0.29) is 17.7 Å². The van der Waals surface area contributed by atoms with E-state index in [0.717, 1.165) is 6.42 Å². The largest absolute Gasteiger partial charge is 0.342 e. The summed E-state index contributed by atoms with van der Waals surface area (Å²) in [5.74, 6) is 0.434. The third-order valence-electron chi connectivity index (χ3n) is 3.78. The Bertz CT molecular complexity index is 382. The van der Waals surface area contributed by atoms with Crippen molar-refractivity contribution in [1.82, 2.24) is 10.2 Å². The van der Waals surface area contributed by atoms with E-state index in [9.17, 15) is 9.59 Å². The second-order valence-corrected chi connectivity index (χ2v) is 6.13. The van der Waals surface area contributed by atoms with Crippen LogP contribution in [0.4, 0.5) is 0 Å². The molecule has 4 nitrogen and oxygen atoms in total. The molecule has 0 aliphatic carbocycles. The topological polar surface area (TPSA) is 49.4 Å². The molecule has 5 heteroatoms. The van der Waals surface area contributed by atoms with Crippen LogP contribution >= 0.6 is 11.6 Å². The Labute approximate surface area is 126 Å². The molecule has 1 aliphatic heterocycles. The van der Waals surface area contributed by atoms with E-state index >= 15 is 0 Å². The SMILES string of the molecule is CCC(C)C1C(=O)NC(CC(C)C)C(=O)N1C/C=C/Cl. The highest BCUT2D eigenvalue weighted by atomic mass is 35.5. The Kier molecular flexibility index (Phi) is 6.53. The summed E-state index contributed by atoms with van der Waals surface area (Å²) >= 11 is 5.57. The third-order valence-corrected chi connectivity index (χ3v) is 3.96. The smallest absolute Gasteiger partial charge is 0.246 e. The van der Waals surface area contributed by atoms with Gasteiger partial charge in [0.1, 0.15) is 12.1 Å². The normalized spacial score (nSPS) is 25.4. The van der Waals surface area contributed by atoms with Crippen LogP contribution in [-0.2, 0) is 9.59 Å². The zero-order valence-electron chi connectivity index (χ0n) is 12.7. The minimum absolute atomic E-state index is 0.00151. The van der Waals surface area contributed by atoms with Crippen LogP contribution in [0.25, 0.3) is 0 Å². The third kappa shape index (κ3) is 3.98. The molecule has 1 saturated heterocycles. The van der Waals surface area contributed by atoms with Crippen molar-refractivity contribution in [2.75, 3.05) is 6.54 Å². The van der Waals surface area contributed by atoms with Gasteiger partial charge in [0.05, 0.1) is 0 Å². The van der Waals surface area contributed by atoms with Crippen molar-refractivity contribution >= 4 is 23.4 Å². The van der Waals surface area contributed by atoms with Crippen molar-refractivity contribution in [1.29, 1.82) is 0 Å². The number of amides is 2. The van der Waals surface area contributed by atoms with Gasteiger partial charge in [0.25, 0.3) is 0 Å². The number of nitrogens with zero attached hydrogens (tertiary/aromatic N) is 1. The van der Waals surface area contributed by atoms with Gasteiger partial charge in [-0.3, -0.25) is 9.59 Å². The molecule has 0 bridgehead atoms. The molecule has 2 amide bonds. The van der Waals surface area contributed by atoms with E-state index in [1.54, 1.807) is 11.0 Å². The van der Waals surface area contributed by atoms with E-state index in [1.165, 1.54) is 5.54 Å². The minimum atomic E-state index is -0.411. The van der Waals surface area contributed by atoms with Gasteiger partial charge in [-0.15, -0.1) is 0 Å². The van der Waals surface area contributed by atoms with E-state index in [1.807, 2.05) is 27.7 Å². The molecule has 0 radical (unpaired) electrons. The van der Waals surface area contributed by atoms with Crippen molar-refractivity contribution in [3.05, 3.63) is 11.6 Å². The Morgan fingerprint density at radius 2 is 2.00 bits per heavy atom. The number of carbonyl (C=O) groups is 2. The number of halogens is 1. The van der Waals surface area contributed by atoms with Crippen LogP contribution in [0, 0.1) is 11.8 Å². The fourth-order valence-corrected chi connectivity index (χ4v) is 2.65.